The molecule has 1 N–H and O–H groups in total. The fourth-order valence-corrected chi connectivity index (χ4v) is 3.33. The Balaban J connectivity index is 2.59. The van der Waals surface area contributed by atoms with E-state index < -0.39 is 5.97 Å². The summed E-state index contributed by atoms with van der Waals surface area (Å²) in [5.41, 5.74) is 0. The second kappa shape index (κ2) is 7.68. The van der Waals surface area contributed by atoms with Gasteiger partial charge in [-0.15, -0.1) is 18.2 Å². The quantitative estimate of drug-likeness (QED) is 0.574. The molecule has 1 aliphatic carbocycles. The maximum Gasteiger partial charge on any atom is 0.303 e. The van der Waals surface area contributed by atoms with Crippen LogP contribution in [0, 0.1) is 17.8 Å². The van der Waals surface area contributed by atoms with Crippen molar-refractivity contribution in [3.8, 4) is 0 Å². The van der Waals surface area contributed by atoms with Gasteiger partial charge in [-0.25, -0.2) is 0 Å². The first kappa shape index (κ1) is 16.2. The van der Waals surface area contributed by atoms with Gasteiger partial charge in [0.15, 0.2) is 0 Å². The summed E-state index contributed by atoms with van der Waals surface area (Å²) in [6, 6.07) is 0. The lowest BCUT2D eigenvalue weighted by atomic mass is 9.74. The average Bonchev–Trinajstić information content (AvgIpc) is 2.38. The molecule has 0 saturated heterocycles. The number of alkyl halides is 1. The molecule has 4 heteroatoms. The Hall–Kier alpha value is -0.830. The van der Waals surface area contributed by atoms with E-state index in [1.54, 1.807) is 0 Å². The van der Waals surface area contributed by atoms with Gasteiger partial charge in [0.25, 0.3) is 0 Å². The first-order valence-corrected chi connectivity index (χ1v) is 7.41. The molecule has 0 spiro atoms. The van der Waals surface area contributed by atoms with Crippen molar-refractivity contribution in [3.05, 3.63) is 12.7 Å². The predicted molar refractivity (Wildman–Crippen MR) is 76.3 cm³/mol. The smallest absolute Gasteiger partial charge is 0.303 e. The van der Waals surface area contributed by atoms with E-state index in [0.29, 0.717) is 12.3 Å². The molecule has 4 unspecified atom stereocenters. The first-order valence-electron chi connectivity index (χ1n) is 6.97. The van der Waals surface area contributed by atoms with Crippen molar-refractivity contribution in [1.82, 2.24) is 0 Å². The summed E-state index contributed by atoms with van der Waals surface area (Å²) in [6.45, 7) is 5.55. The minimum absolute atomic E-state index is 0.0443. The van der Waals surface area contributed by atoms with Crippen LogP contribution in [-0.4, -0.2) is 22.2 Å². The number of hydrogen-bond acceptors (Lipinski definition) is 2. The number of halogens is 1. The molecule has 19 heavy (non-hydrogen) atoms. The molecule has 4 atom stereocenters. The number of hydrogen-bond donors (Lipinski definition) is 1. The molecule has 0 bridgehead atoms. The molecule has 0 amide bonds. The van der Waals surface area contributed by atoms with Gasteiger partial charge in [-0.2, -0.15) is 0 Å². The molecule has 1 rings (SSSR count). The van der Waals surface area contributed by atoms with Crippen molar-refractivity contribution < 1.29 is 14.7 Å². The summed E-state index contributed by atoms with van der Waals surface area (Å²) >= 11 is 6.44. The Morgan fingerprint density at radius 1 is 1.47 bits per heavy atom. The number of carbonyl (C=O) groups is 2. The Bertz CT molecular complexity index is 340. The number of allylic oxidation sites excluding steroid dienone is 1. The molecule has 1 fully saturated rings. The topological polar surface area (TPSA) is 54.4 Å². The third-order valence-corrected chi connectivity index (χ3v) is 4.70. The second-order valence-electron chi connectivity index (χ2n) is 5.50. The number of carboxylic acids is 1. The Kier molecular flexibility index (Phi) is 6.56. The summed E-state index contributed by atoms with van der Waals surface area (Å²) in [5, 5.41) is 8.54. The lowest BCUT2D eigenvalue weighted by Gasteiger charge is -2.34. The predicted octanol–water partition coefficient (Wildman–Crippen LogP) is 3.66. The molecule has 3 nitrogen and oxygen atoms in total. The van der Waals surface area contributed by atoms with Gasteiger partial charge >= 0.3 is 5.97 Å². The second-order valence-corrected chi connectivity index (χ2v) is 6.01. The largest absolute Gasteiger partial charge is 0.481 e. The number of ketones is 1. The fourth-order valence-electron chi connectivity index (χ4n) is 2.86. The molecular weight excluding hydrogens is 264 g/mol. The molecule has 0 aliphatic heterocycles. The van der Waals surface area contributed by atoms with E-state index in [4.69, 9.17) is 16.7 Å². The van der Waals surface area contributed by atoms with Crippen LogP contribution >= 0.6 is 11.6 Å². The van der Waals surface area contributed by atoms with Crippen LogP contribution in [0.2, 0.25) is 0 Å². The van der Waals surface area contributed by atoms with E-state index in [1.807, 2.05) is 13.0 Å². The summed E-state index contributed by atoms with van der Waals surface area (Å²) < 4.78 is 0. The van der Waals surface area contributed by atoms with Gasteiger partial charge in [0.2, 0.25) is 0 Å². The van der Waals surface area contributed by atoms with Crippen molar-refractivity contribution in [1.29, 1.82) is 0 Å². The molecule has 1 saturated carbocycles. The standard InChI is InChI=1S/C15H23ClO3/c1-3-5-11-6-4-7-12(14(11)16)15(19)10(2)8-9-13(17)18/h3,10-12,14H,1,4-9H2,2H3,(H,17,18). The van der Waals surface area contributed by atoms with Crippen molar-refractivity contribution in [2.75, 3.05) is 0 Å². The van der Waals surface area contributed by atoms with E-state index in [9.17, 15) is 9.59 Å². The fraction of sp³-hybridized carbons (Fsp3) is 0.733. The van der Waals surface area contributed by atoms with Crippen molar-refractivity contribution in [3.63, 3.8) is 0 Å². The van der Waals surface area contributed by atoms with Crippen LogP contribution < -0.4 is 0 Å². The third-order valence-electron chi connectivity index (χ3n) is 4.04. The maximum atomic E-state index is 12.4. The summed E-state index contributed by atoms with van der Waals surface area (Å²) in [7, 11) is 0. The van der Waals surface area contributed by atoms with Crippen molar-refractivity contribution in [2.45, 2.75) is 50.8 Å². The van der Waals surface area contributed by atoms with Gasteiger partial charge < -0.3 is 5.11 Å². The van der Waals surface area contributed by atoms with Gasteiger partial charge in [-0.3, -0.25) is 9.59 Å². The zero-order valence-corrected chi connectivity index (χ0v) is 12.2. The molecule has 0 radical (unpaired) electrons. The Labute approximate surface area is 120 Å². The maximum absolute atomic E-state index is 12.4. The van der Waals surface area contributed by atoms with Crippen LogP contribution in [-0.2, 0) is 9.59 Å². The van der Waals surface area contributed by atoms with Crippen LogP contribution in [0.1, 0.15) is 45.4 Å². The number of carboxylic acid groups (broad SMARTS) is 1. The van der Waals surface area contributed by atoms with E-state index in [-0.39, 0.29) is 29.4 Å². The minimum atomic E-state index is -0.852. The molecule has 1 aliphatic rings. The SMILES string of the molecule is C=CCC1CCCC(C(=O)C(C)CCC(=O)O)C1Cl. The summed E-state index contributed by atoms with van der Waals surface area (Å²) in [6.07, 6.45) is 6.06. The Morgan fingerprint density at radius 3 is 2.74 bits per heavy atom. The average molecular weight is 287 g/mol. The van der Waals surface area contributed by atoms with Crippen LogP contribution in [0.4, 0.5) is 0 Å². The highest BCUT2D eigenvalue weighted by atomic mass is 35.5. The van der Waals surface area contributed by atoms with E-state index >= 15 is 0 Å². The first-order chi connectivity index (χ1) is 8.97. The molecule has 0 heterocycles. The molecule has 0 aromatic heterocycles. The summed E-state index contributed by atoms with van der Waals surface area (Å²) in [5.74, 6) is -0.729. The number of rotatable bonds is 7. The van der Waals surface area contributed by atoms with Crippen LogP contribution in [0.25, 0.3) is 0 Å². The van der Waals surface area contributed by atoms with E-state index in [2.05, 4.69) is 6.58 Å². The molecule has 0 aromatic rings. The highest BCUT2D eigenvalue weighted by molar-refractivity contribution is 6.22. The van der Waals surface area contributed by atoms with Gasteiger partial charge in [-0.1, -0.05) is 19.4 Å². The van der Waals surface area contributed by atoms with Crippen LogP contribution in [0.5, 0.6) is 0 Å². The minimum Gasteiger partial charge on any atom is -0.481 e. The highest BCUT2D eigenvalue weighted by Crippen LogP contribution is 2.37. The van der Waals surface area contributed by atoms with Crippen LogP contribution in [0.15, 0.2) is 12.7 Å². The normalized spacial score (nSPS) is 28.6. The lowest BCUT2D eigenvalue weighted by molar-refractivity contribution is -0.137. The van der Waals surface area contributed by atoms with Gasteiger partial charge in [0, 0.05) is 23.6 Å². The lowest BCUT2D eigenvalue weighted by Crippen LogP contribution is -2.36. The van der Waals surface area contributed by atoms with Crippen molar-refractivity contribution in [2.24, 2.45) is 17.8 Å². The van der Waals surface area contributed by atoms with Gasteiger partial charge in [0.1, 0.15) is 5.78 Å². The summed E-state index contributed by atoms with van der Waals surface area (Å²) in [4.78, 5) is 22.9. The van der Waals surface area contributed by atoms with Gasteiger partial charge in [0.05, 0.1) is 0 Å². The van der Waals surface area contributed by atoms with E-state index in [1.165, 1.54) is 0 Å². The number of Topliss-reactive ketones (excluding diaryl/α,β-unsaturated/α-hetero) is 1. The van der Waals surface area contributed by atoms with Crippen LogP contribution in [0.3, 0.4) is 0 Å². The number of aliphatic carboxylic acids is 1. The Morgan fingerprint density at radius 2 is 2.16 bits per heavy atom. The zero-order chi connectivity index (χ0) is 14.4. The highest BCUT2D eigenvalue weighted by Gasteiger charge is 2.37. The molecular formula is C15H23ClO3. The monoisotopic (exact) mass is 286 g/mol. The van der Waals surface area contributed by atoms with Crippen molar-refractivity contribution >= 4 is 23.4 Å². The molecule has 108 valence electrons. The third kappa shape index (κ3) is 4.64. The number of carbonyl (C=O) groups excluding carboxylic acids is 1. The molecule has 0 aromatic carbocycles. The zero-order valence-electron chi connectivity index (χ0n) is 11.5. The van der Waals surface area contributed by atoms with Gasteiger partial charge in [-0.05, 0) is 31.6 Å². The van der Waals surface area contributed by atoms with E-state index in [0.717, 1.165) is 25.7 Å².